The van der Waals surface area contributed by atoms with Crippen molar-refractivity contribution in [1.82, 2.24) is 9.78 Å². The molecule has 1 aromatic carbocycles. The molecule has 0 saturated heterocycles. The minimum absolute atomic E-state index is 0.0722. The summed E-state index contributed by atoms with van der Waals surface area (Å²) < 4.78 is 26.1. The highest BCUT2D eigenvalue weighted by Crippen LogP contribution is 2.28. The fourth-order valence-corrected chi connectivity index (χ4v) is 4.10. The molecule has 0 unspecified atom stereocenters. The number of hydrogen-bond donors (Lipinski definition) is 1. The van der Waals surface area contributed by atoms with Crippen LogP contribution < -0.4 is 5.32 Å². The van der Waals surface area contributed by atoms with Crippen LogP contribution in [0.15, 0.2) is 35.2 Å². The molecule has 3 rings (SSSR count). The summed E-state index contributed by atoms with van der Waals surface area (Å²) in [5.74, 6) is 0.185. The lowest BCUT2D eigenvalue weighted by Crippen LogP contribution is -2.19. The van der Waals surface area contributed by atoms with Gasteiger partial charge in [-0.25, -0.2) is 8.42 Å². The molecule has 0 bridgehead atoms. The number of benzene rings is 1. The topological polar surface area (TPSA) is 81.1 Å². The van der Waals surface area contributed by atoms with Gasteiger partial charge in [0.1, 0.15) is 5.82 Å². The second-order valence-corrected chi connectivity index (χ2v) is 7.79. The normalized spacial score (nSPS) is 13.8. The molecule has 1 aromatic heterocycles. The van der Waals surface area contributed by atoms with Crippen molar-refractivity contribution in [3.05, 3.63) is 41.6 Å². The first-order chi connectivity index (χ1) is 11.0. The predicted molar refractivity (Wildman–Crippen MR) is 87.0 cm³/mol. The van der Waals surface area contributed by atoms with Crippen molar-refractivity contribution in [2.24, 2.45) is 7.05 Å². The Labute approximate surface area is 135 Å². The number of amides is 1. The molecule has 1 N–H and O–H groups in total. The first-order valence-electron chi connectivity index (χ1n) is 7.60. The third-order valence-corrected chi connectivity index (χ3v) is 5.76. The van der Waals surface area contributed by atoms with Gasteiger partial charge in [0, 0.05) is 19.0 Å². The number of anilines is 1. The van der Waals surface area contributed by atoms with Crippen molar-refractivity contribution < 1.29 is 13.2 Å². The third-order valence-electron chi connectivity index (χ3n) is 4.03. The summed E-state index contributed by atoms with van der Waals surface area (Å²) in [6.45, 7) is 0. The molecule has 0 atom stereocenters. The van der Waals surface area contributed by atoms with Gasteiger partial charge in [0.2, 0.25) is 5.91 Å². The average molecular weight is 333 g/mol. The fraction of sp³-hybridized carbons (Fsp3) is 0.375. The number of nitrogens with zero attached hydrogens (tertiary/aromatic N) is 2. The van der Waals surface area contributed by atoms with Crippen molar-refractivity contribution in [2.45, 2.75) is 30.6 Å². The monoisotopic (exact) mass is 333 g/mol. The third kappa shape index (κ3) is 3.29. The summed E-state index contributed by atoms with van der Waals surface area (Å²) in [7, 11) is -1.65. The van der Waals surface area contributed by atoms with Crippen molar-refractivity contribution in [3.63, 3.8) is 0 Å². The highest BCUT2D eigenvalue weighted by atomic mass is 32.2. The van der Waals surface area contributed by atoms with E-state index < -0.39 is 9.84 Å². The lowest BCUT2D eigenvalue weighted by molar-refractivity contribution is -0.115. The second kappa shape index (κ2) is 6.16. The fourth-order valence-electron chi connectivity index (χ4n) is 2.84. The van der Waals surface area contributed by atoms with Crippen LogP contribution in [0.1, 0.15) is 24.1 Å². The highest BCUT2D eigenvalue weighted by molar-refractivity contribution is 7.91. The largest absolute Gasteiger partial charge is 0.311 e. The Morgan fingerprint density at radius 3 is 2.74 bits per heavy atom. The van der Waals surface area contributed by atoms with Crippen LogP contribution >= 0.6 is 0 Å². The average Bonchev–Trinajstić information content (AvgIpc) is 3.09. The zero-order chi connectivity index (χ0) is 16.4. The van der Waals surface area contributed by atoms with Crippen LogP contribution in [0.4, 0.5) is 5.82 Å². The van der Waals surface area contributed by atoms with Crippen LogP contribution in [0, 0.1) is 0 Å². The predicted octanol–water partition coefficient (Wildman–Crippen LogP) is 1.71. The number of sulfone groups is 1. The molecule has 0 fully saturated rings. The first-order valence-corrected chi connectivity index (χ1v) is 9.25. The van der Waals surface area contributed by atoms with E-state index in [-0.39, 0.29) is 23.0 Å². The molecule has 1 aliphatic carbocycles. The zero-order valence-electron chi connectivity index (χ0n) is 12.9. The van der Waals surface area contributed by atoms with E-state index in [0.29, 0.717) is 5.82 Å². The van der Waals surface area contributed by atoms with Crippen molar-refractivity contribution >= 4 is 21.6 Å². The summed E-state index contributed by atoms with van der Waals surface area (Å²) in [4.78, 5) is 12.4. The van der Waals surface area contributed by atoms with Crippen LogP contribution in [0.2, 0.25) is 0 Å². The van der Waals surface area contributed by atoms with E-state index in [2.05, 4.69) is 10.4 Å². The number of fused-ring (bicyclic) bond motifs is 1. The molecule has 0 aliphatic heterocycles. The van der Waals surface area contributed by atoms with Crippen molar-refractivity contribution in [2.75, 3.05) is 11.1 Å². The molecule has 6 nitrogen and oxygen atoms in total. The maximum absolute atomic E-state index is 12.2. The van der Waals surface area contributed by atoms with Gasteiger partial charge in [-0.2, -0.15) is 5.10 Å². The van der Waals surface area contributed by atoms with E-state index in [1.54, 1.807) is 42.1 Å². The number of rotatable bonds is 5. The van der Waals surface area contributed by atoms with Gasteiger partial charge >= 0.3 is 0 Å². The van der Waals surface area contributed by atoms with E-state index in [9.17, 15) is 13.2 Å². The molecular weight excluding hydrogens is 314 g/mol. The Bertz CT molecular complexity index is 826. The first kappa shape index (κ1) is 15.7. The van der Waals surface area contributed by atoms with Crippen LogP contribution in [0.5, 0.6) is 0 Å². The molecular formula is C16H19N3O3S. The number of aromatic nitrogens is 2. The van der Waals surface area contributed by atoms with Gasteiger partial charge < -0.3 is 5.32 Å². The molecule has 0 radical (unpaired) electrons. The Hall–Kier alpha value is -2.15. The summed E-state index contributed by atoms with van der Waals surface area (Å²) in [6, 6.07) is 8.19. The SMILES string of the molecule is Cn1nc2c(c1NC(=O)CCS(=O)(=O)c1ccccc1)CCC2. The summed E-state index contributed by atoms with van der Waals surface area (Å²) in [5.41, 5.74) is 2.10. The van der Waals surface area contributed by atoms with Crippen molar-refractivity contribution in [1.29, 1.82) is 0 Å². The Balaban J connectivity index is 1.65. The van der Waals surface area contributed by atoms with E-state index >= 15 is 0 Å². The van der Waals surface area contributed by atoms with Gasteiger partial charge in [0.05, 0.1) is 16.3 Å². The Morgan fingerprint density at radius 2 is 2.00 bits per heavy atom. The second-order valence-electron chi connectivity index (χ2n) is 5.68. The zero-order valence-corrected chi connectivity index (χ0v) is 13.8. The van der Waals surface area contributed by atoms with E-state index in [4.69, 9.17) is 0 Å². The van der Waals surface area contributed by atoms with Gasteiger partial charge in [0.25, 0.3) is 0 Å². The minimum atomic E-state index is -3.44. The number of carbonyl (C=O) groups is 1. The molecule has 7 heteroatoms. The van der Waals surface area contributed by atoms with Gasteiger partial charge in [-0.1, -0.05) is 18.2 Å². The van der Waals surface area contributed by atoms with Gasteiger partial charge in [0.15, 0.2) is 9.84 Å². The van der Waals surface area contributed by atoms with Crippen molar-refractivity contribution in [3.8, 4) is 0 Å². The molecule has 122 valence electrons. The number of nitrogens with one attached hydrogen (secondary N) is 1. The Kier molecular flexibility index (Phi) is 4.21. The lowest BCUT2D eigenvalue weighted by atomic mass is 10.2. The van der Waals surface area contributed by atoms with Gasteiger partial charge in [-0.15, -0.1) is 0 Å². The quantitative estimate of drug-likeness (QED) is 0.903. The van der Waals surface area contributed by atoms with E-state index in [1.807, 2.05) is 0 Å². The maximum Gasteiger partial charge on any atom is 0.226 e. The molecule has 23 heavy (non-hydrogen) atoms. The molecule has 0 spiro atoms. The molecule has 1 heterocycles. The molecule has 0 saturated carbocycles. The highest BCUT2D eigenvalue weighted by Gasteiger charge is 2.23. The Morgan fingerprint density at radius 1 is 1.26 bits per heavy atom. The van der Waals surface area contributed by atoms with Crippen LogP contribution in [-0.2, 0) is 34.5 Å². The number of carbonyl (C=O) groups excluding carboxylic acids is 1. The molecule has 1 amide bonds. The van der Waals surface area contributed by atoms with E-state index in [1.165, 1.54) is 0 Å². The number of hydrogen-bond acceptors (Lipinski definition) is 4. The minimum Gasteiger partial charge on any atom is -0.311 e. The maximum atomic E-state index is 12.2. The summed E-state index contributed by atoms with van der Waals surface area (Å²) in [6.07, 6.45) is 2.81. The molecule has 2 aromatic rings. The van der Waals surface area contributed by atoms with Gasteiger partial charge in [-0.05, 0) is 31.4 Å². The standard InChI is InChI=1S/C16H19N3O3S/c1-19-16(13-8-5-9-14(13)18-19)17-15(20)10-11-23(21,22)12-6-3-2-4-7-12/h2-4,6-7H,5,8-11H2,1H3,(H,17,20). The lowest BCUT2D eigenvalue weighted by Gasteiger charge is -2.08. The number of aryl methyl sites for hydroxylation is 2. The molecule has 1 aliphatic rings. The summed E-state index contributed by atoms with van der Waals surface area (Å²) in [5, 5.41) is 7.20. The van der Waals surface area contributed by atoms with Crippen LogP contribution in [0.25, 0.3) is 0 Å². The van der Waals surface area contributed by atoms with Gasteiger partial charge in [-0.3, -0.25) is 9.48 Å². The smallest absolute Gasteiger partial charge is 0.226 e. The van der Waals surface area contributed by atoms with Crippen LogP contribution in [0.3, 0.4) is 0 Å². The summed E-state index contributed by atoms with van der Waals surface area (Å²) >= 11 is 0. The van der Waals surface area contributed by atoms with Crippen LogP contribution in [-0.4, -0.2) is 29.9 Å². The van der Waals surface area contributed by atoms with E-state index in [0.717, 1.165) is 30.5 Å².